The average Bonchev–Trinajstić information content (AvgIpc) is 2.23. The van der Waals surface area contributed by atoms with E-state index in [1.165, 1.54) is 0 Å². The molecule has 7 heteroatoms. The van der Waals surface area contributed by atoms with Gasteiger partial charge in [-0.3, -0.25) is 9.69 Å². The Balaban J connectivity index is 2.70. The summed E-state index contributed by atoms with van der Waals surface area (Å²) in [5.74, 6) is -2.02. The number of hydrogen-bond acceptors (Lipinski definition) is 3. The van der Waals surface area contributed by atoms with Gasteiger partial charge < -0.3 is 10.4 Å². The van der Waals surface area contributed by atoms with Gasteiger partial charge in [-0.15, -0.1) is 0 Å². The maximum atomic E-state index is 13.4. The molecule has 0 fully saturated rings. The predicted molar refractivity (Wildman–Crippen MR) is 67.3 cm³/mol. The molecule has 4 nitrogen and oxygen atoms in total. The highest BCUT2D eigenvalue weighted by molar-refractivity contribution is 9.10. The van der Waals surface area contributed by atoms with E-state index in [9.17, 15) is 13.6 Å². The van der Waals surface area contributed by atoms with Gasteiger partial charge in [0.2, 0.25) is 5.91 Å². The third-order valence-electron chi connectivity index (χ3n) is 2.17. The quantitative estimate of drug-likeness (QED) is 0.865. The van der Waals surface area contributed by atoms with Crippen LogP contribution in [0.25, 0.3) is 0 Å². The summed E-state index contributed by atoms with van der Waals surface area (Å²) in [5, 5.41) is 11.0. The Morgan fingerprint density at radius 3 is 2.72 bits per heavy atom. The Bertz CT molecular complexity index is 420. The number of likely N-dealkylation sites (N-methyl/N-ethyl adjacent to an activating group) is 1. The first kappa shape index (κ1) is 15.0. The normalized spacial score (nSPS) is 10.8. The Hall–Kier alpha value is -1.05. The van der Waals surface area contributed by atoms with E-state index in [4.69, 9.17) is 5.11 Å². The van der Waals surface area contributed by atoms with Crippen LogP contribution >= 0.6 is 15.9 Å². The van der Waals surface area contributed by atoms with Crippen LogP contribution in [0.3, 0.4) is 0 Å². The number of carbonyl (C=O) groups excluding carboxylic acids is 1. The Morgan fingerprint density at radius 1 is 1.50 bits per heavy atom. The largest absolute Gasteiger partial charge is 0.395 e. The smallest absolute Gasteiger partial charge is 0.238 e. The molecule has 2 N–H and O–H groups in total. The highest BCUT2D eigenvalue weighted by Crippen LogP contribution is 2.26. The second kappa shape index (κ2) is 6.77. The van der Waals surface area contributed by atoms with Crippen LogP contribution in [0, 0.1) is 11.6 Å². The van der Waals surface area contributed by atoms with Gasteiger partial charge in [0.1, 0.15) is 5.82 Å². The van der Waals surface area contributed by atoms with Gasteiger partial charge >= 0.3 is 0 Å². The van der Waals surface area contributed by atoms with Crippen molar-refractivity contribution in [2.24, 2.45) is 0 Å². The summed E-state index contributed by atoms with van der Waals surface area (Å²) in [5.41, 5.74) is -0.0983. The molecule has 0 saturated carbocycles. The molecule has 1 amide bonds. The number of rotatable bonds is 5. The molecule has 0 atom stereocenters. The van der Waals surface area contributed by atoms with E-state index in [2.05, 4.69) is 21.2 Å². The lowest BCUT2D eigenvalue weighted by molar-refractivity contribution is -0.117. The molecule has 0 spiro atoms. The van der Waals surface area contributed by atoms with Crippen molar-refractivity contribution in [2.75, 3.05) is 32.1 Å². The zero-order chi connectivity index (χ0) is 13.7. The fourth-order valence-electron chi connectivity index (χ4n) is 1.34. The third-order valence-corrected chi connectivity index (χ3v) is 2.79. The monoisotopic (exact) mass is 322 g/mol. The third kappa shape index (κ3) is 4.32. The molecular formula is C11H13BrF2N2O2. The number of hydrogen-bond donors (Lipinski definition) is 2. The van der Waals surface area contributed by atoms with E-state index in [-0.39, 0.29) is 23.3 Å². The van der Waals surface area contributed by atoms with Gasteiger partial charge in [0, 0.05) is 17.1 Å². The van der Waals surface area contributed by atoms with Crippen molar-refractivity contribution in [2.45, 2.75) is 0 Å². The van der Waals surface area contributed by atoms with Crippen molar-refractivity contribution in [1.29, 1.82) is 0 Å². The van der Waals surface area contributed by atoms with Crippen molar-refractivity contribution in [3.05, 3.63) is 28.2 Å². The molecule has 100 valence electrons. The number of halogens is 3. The van der Waals surface area contributed by atoms with Gasteiger partial charge in [-0.05, 0) is 29.0 Å². The molecule has 0 heterocycles. The Kier molecular flexibility index (Phi) is 5.64. The van der Waals surface area contributed by atoms with Crippen LogP contribution in [-0.2, 0) is 4.79 Å². The SMILES string of the molecule is CN(CCO)CC(=O)Nc1c(F)cc(F)cc1Br. The summed E-state index contributed by atoms with van der Waals surface area (Å²) in [7, 11) is 1.64. The van der Waals surface area contributed by atoms with Gasteiger partial charge in [0.25, 0.3) is 0 Å². The summed E-state index contributed by atoms with van der Waals surface area (Å²) in [6.07, 6.45) is 0. The van der Waals surface area contributed by atoms with Crippen molar-refractivity contribution in [1.82, 2.24) is 4.90 Å². The van der Waals surface area contributed by atoms with Crippen LogP contribution in [0.5, 0.6) is 0 Å². The number of anilines is 1. The maximum absolute atomic E-state index is 13.4. The minimum Gasteiger partial charge on any atom is -0.395 e. The summed E-state index contributed by atoms with van der Waals surface area (Å²) in [4.78, 5) is 13.1. The van der Waals surface area contributed by atoms with Crippen molar-refractivity contribution >= 4 is 27.5 Å². The summed E-state index contributed by atoms with van der Waals surface area (Å²) in [6.45, 7) is 0.267. The maximum Gasteiger partial charge on any atom is 0.238 e. The molecule has 0 saturated heterocycles. The molecule has 0 aliphatic carbocycles. The molecule has 1 rings (SSSR count). The molecule has 0 aliphatic heterocycles. The van der Waals surface area contributed by atoms with Crippen LogP contribution in [0.2, 0.25) is 0 Å². The van der Waals surface area contributed by atoms with Crippen LogP contribution < -0.4 is 5.32 Å². The fraction of sp³-hybridized carbons (Fsp3) is 0.364. The second-order valence-corrected chi connectivity index (χ2v) is 4.61. The first-order chi connectivity index (χ1) is 8.43. The van der Waals surface area contributed by atoms with Gasteiger partial charge in [0.05, 0.1) is 18.8 Å². The van der Waals surface area contributed by atoms with E-state index in [0.29, 0.717) is 12.6 Å². The van der Waals surface area contributed by atoms with Gasteiger partial charge in [-0.1, -0.05) is 0 Å². The topological polar surface area (TPSA) is 52.6 Å². The molecular weight excluding hydrogens is 310 g/mol. The van der Waals surface area contributed by atoms with Crippen molar-refractivity contribution in [3.8, 4) is 0 Å². The predicted octanol–water partition coefficient (Wildman–Crippen LogP) is 1.59. The number of amides is 1. The standard InChI is InChI=1S/C11H13BrF2N2O2/c1-16(2-3-17)6-10(18)15-11-8(12)4-7(13)5-9(11)14/h4-5,17H,2-3,6H2,1H3,(H,15,18). The number of nitrogens with one attached hydrogen (secondary N) is 1. The highest BCUT2D eigenvalue weighted by atomic mass is 79.9. The molecule has 0 bridgehead atoms. The minimum absolute atomic E-state index is 0.00379. The first-order valence-electron chi connectivity index (χ1n) is 5.18. The van der Waals surface area contributed by atoms with Crippen molar-refractivity contribution in [3.63, 3.8) is 0 Å². The van der Waals surface area contributed by atoms with Crippen LogP contribution in [0.4, 0.5) is 14.5 Å². The molecule has 0 unspecified atom stereocenters. The summed E-state index contributed by atoms with van der Waals surface area (Å²) < 4.78 is 26.4. The Morgan fingerprint density at radius 2 is 2.17 bits per heavy atom. The van der Waals surface area contributed by atoms with Crippen LogP contribution in [0.1, 0.15) is 0 Å². The van der Waals surface area contributed by atoms with Crippen molar-refractivity contribution < 1.29 is 18.7 Å². The van der Waals surface area contributed by atoms with E-state index in [1.54, 1.807) is 11.9 Å². The van der Waals surface area contributed by atoms with E-state index in [0.717, 1.165) is 6.07 Å². The first-order valence-corrected chi connectivity index (χ1v) is 5.97. The van der Waals surface area contributed by atoms with E-state index in [1.807, 2.05) is 0 Å². The Labute approximate surface area is 112 Å². The number of aliphatic hydroxyl groups is 1. The minimum atomic E-state index is -0.847. The second-order valence-electron chi connectivity index (χ2n) is 3.75. The number of carbonyl (C=O) groups is 1. The lowest BCUT2D eigenvalue weighted by Crippen LogP contribution is -2.32. The molecule has 0 radical (unpaired) electrons. The molecule has 18 heavy (non-hydrogen) atoms. The van der Waals surface area contributed by atoms with Gasteiger partial charge in [-0.2, -0.15) is 0 Å². The van der Waals surface area contributed by atoms with E-state index < -0.39 is 17.5 Å². The van der Waals surface area contributed by atoms with E-state index >= 15 is 0 Å². The molecule has 0 aliphatic rings. The highest BCUT2D eigenvalue weighted by Gasteiger charge is 2.13. The number of aliphatic hydroxyl groups excluding tert-OH is 1. The lowest BCUT2D eigenvalue weighted by Gasteiger charge is -2.15. The van der Waals surface area contributed by atoms with Gasteiger partial charge in [0.15, 0.2) is 5.82 Å². The number of benzene rings is 1. The van der Waals surface area contributed by atoms with Crippen LogP contribution in [-0.4, -0.2) is 42.7 Å². The molecule has 1 aromatic rings. The number of nitrogens with zero attached hydrogens (tertiary/aromatic N) is 1. The zero-order valence-electron chi connectivity index (χ0n) is 9.71. The fourth-order valence-corrected chi connectivity index (χ4v) is 1.84. The zero-order valence-corrected chi connectivity index (χ0v) is 11.3. The average molecular weight is 323 g/mol. The summed E-state index contributed by atoms with van der Waals surface area (Å²) >= 11 is 2.98. The lowest BCUT2D eigenvalue weighted by atomic mass is 10.3. The molecule has 1 aromatic carbocycles. The molecule has 0 aromatic heterocycles. The van der Waals surface area contributed by atoms with Gasteiger partial charge in [-0.25, -0.2) is 8.78 Å². The summed E-state index contributed by atoms with van der Waals surface area (Å²) in [6, 6.07) is 1.76. The van der Waals surface area contributed by atoms with Crippen LogP contribution in [0.15, 0.2) is 16.6 Å².